The Kier molecular flexibility index (Phi) is 4.84. The minimum Gasteiger partial charge on any atom is -0.308 e. The van der Waals surface area contributed by atoms with Crippen LogP contribution in [0.4, 0.5) is 0 Å². The van der Waals surface area contributed by atoms with Crippen molar-refractivity contribution >= 4 is 11.6 Å². The molecule has 3 nitrogen and oxygen atoms in total. The number of hydrogen-bond donors (Lipinski definition) is 1. The lowest BCUT2D eigenvalue weighted by atomic mass is 10.0. The summed E-state index contributed by atoms with van der Waals surface area (Å²) >= 11 is 6.26. The average molecular weight is 292 g/mol. The van der Waals surface area contributed by atoms with Crippen molar-refractivity contribution in [2.75, 3.05) is 7.05 Å². The zero-order valence-corrected chi connectivity index (χ0v) is 13.3. The molecule has 0 spiro atoms. The monoisotopic (exact) mass is 291 g/mol. The Hall–Kier alpha value is -1.32. The summed E-state index contributed by atoms with van der Waals surface area (Å²) in [7, 11) is 1.97. The van der Waals surface area contributed by atoms with Crippen LogP contribution >= 0.6 is 11.6 Å². The molecule has 4 heteroatoms. The van der Waals surface area contributed by atoms with Crippen LogP contribution in [0.15, 0.2) is 24.3 Å². The largest absolute Gasteiger partial charge is 0.308 e. The molecule has 0 aliphatic rings. The molecule has 0 amide bonds. The maximum atomic E-state index is 6.26. The van der Waals surface area contributed by atoms with Gasteiger partial charge < -0.3 is 5.32 Å². The van der Waals surface area contributed by atoms with Crippen LogP contribution in [0.25, 0.3) is 0 Å². The number of rotatable bonds is 5. The maximum Gasteiger partial charge on any atom is 0.0746 e. The third-order valence-electron chi connectivity index (χ3n) is 3.64. The Morgan fingerprint density at radius 1 is 1.30 bits per heavy atom. The van der Waals surface area contributed by atoms with E-state index in [1.807, 2.05) is 20.0 Å². The molecule has 1 aromatic carbocycles. The summed E-state index contributed by atoms with van der Waals surface area (Å²) in [5, 5.41) is 8.81. The lowest BCUT2D eigenvalue weighted by molar-refractivity contribution is 0.560. The molecule has 1 unspecified atom stereocenters. The maximum absolute atomic E-state index is 6.26. The zero-order valence-electron chi connectivity index (χ0n) is 12.6. The van der Waals surface area contributed by atoms with Crippen LogP contribution < -0.4 is 5.32 Å². The molecule has 1 heterocycles. The number of nitrogens with one attached hydrogen (secondary N) is 1. The van der Waals surface area contributed by atoms with Crippen molar-refractivity contribution in [3.63, 3.8) is 0 Å². The molecule has 0 fully saturated rings. The van der Waals surface area contributed by atoms with Gasteiger partial charge in [0.2, 0.25) is 0 Å². The SMILES string of the molecule is CCc1cc(C(NC)c2ccc(C)c(Cl)c2)n(CC)n1. The van der Waals surface area contributed by atoms with Crippen molar-refractivity contribution in [2.24, 2.45) is 0 Å². The van der Waals surface area contributed by atoms with E-state index in [0.29, 0.717) is 0 Å². The van der Waals surface area contributed by atoms with E-state index >= 15 is 0 Å². The normalized spacial score (nSPS) is 12.7. The predicted molar refractivity (Wildman–Crippen MR) is 84.4 cm³/mol. The van der Waals surface area contributed by atoms with Crippen molar-refractivity contribution in [1.29, 1.82) is 0 Å². The van der Waals surface area contributed by atoms with Gasteiger partial charge in [-0.2, -0.15) is 5.10 Å². The van der Waals surface area contributed by atoms with Crippen LogP contribution in [-0.4, -0.2) is 16.8 Å². The summed E-state index contributed by atoms with van der Waals surface area (Å²) in [6.07, 6.45) is 0.949. The van der Waals surface area contributed by atoms with Gasteiger partial charge in [0.1, 0.15) is 0 Å². The third kappa shape index (κ3) is 2.89. The van der Waals surface area contributed by atoms with E-state index in [2.05, 4.69) is 47.1 Å². The highest BCUT2D eigenvalue weighted by atomic mass is 35.5. The molecule has 20 heavy (non-hydrogen) atoms. The molecule has 1 N–H and O–H groups in total. The van der Waals surface area contributed by atoms with Gasteiger partial charge in [0.05, 0.1) is 17.4 Å². The Bertz CT molecular complexity index is 589. The number of aryl methyl sites for hydroxylation is 3. The topological polar surface area (TPSA) is 29.9 Å². The minimum atomic E-state index is 0.112. The van der Waals surface area contributed by atoms with Crippen LogP contribution in [0.5, 0.6) is 0 Å². The Labute approximate surface area is 126 Å². The van der Waals surface area contributed by atoms with Crippen LogP contribution in [-0.2, 0) is 13.0 Å². The number of benzene rings is 1. The molecule has 0 saturated carbocycles. The van der Waals surface area contributed by atoms with Gasteiger partial charge in [-0.25, -0.2) is 0 Å². The molecule has 1 atom stereocenters. The Morgan fingerprint density at radius 2 is 2.05 bits per heavy atom. The first-order valence-corrected chi connectivity index (χ1v) is 7.48. The summed E-state index contributed by atoms with van der Waals surface area (Å²) < 4.78 is 2.06. The van der Waals surface area contributed by atoms with Gasteiger partial charge in [-0.15, -0.1) is 0 Å². The standard InChI is InChI=1S/C16H22ClN3/c1-5-13-10-15(20(6-2)19-13)16(18-4)12-8-7-11(3)14(17)9-12/h7-10,16,18H,5-6H2,1-4H3. The Morgan fingerprint density at radius 3 is 2.60 bits per heavy atom. The number of halogens is 1. The van der Waals surface area contributed by atoms with Gasteiger partial charge in [-0.05, 0) is 50.6 Å². The number of nitrogens with zero attached hydrogens (tertiary/aromatic N) is 2. The summed E-state index contributed by atoms with van der Waals surface area (Å²) in [5.41, 5.74) is 4.58. The molecule has 2 rings (SSSR count). The first-order chi connectivity index (χ1) is 9.60. The van der Waals surface area contributed by atoms with Crippen molar-refractivity contribution in [3.8, 4) is 0 Å². The van der Waals surface area contributed by atoms with Crippen LogP contribution in [0.1, 0.15) is 42.4 Å². The highest BCUT2D eigenvalue weighted by Gasteiger charge is 2.18. The molecule has 108 valence electrons. The van der Waals surface area contributed by atoms with Gasteiger partial charge in [-0.3, -0.25) is 4.68 Å². The highest BCUT2D eigenvalue weighted by Crippen LogP contribution is 2.26. The summed E-state index contributed by atoms with van der Waals surface area (Å²) in [6, 6.07) is 8.52. The van der Waals surface area contributed by atoms with Gasteiger partial charge in [0.25, 0.3) is 0 Å². The molecule has 2 aromatic rings. The van der Waals surface area contributed by atoms with Gasteiger partial charge in [0.15, 0.2) is 0 Å². The second-order valence-corrected chi connectivity index (χ2v) is 5.37. The molecule has 1 aromatic heterocycles. The molecular weight excluding hydrogens is 270 g/mol. The van der Waals surface area contributed by atoms with E-state index < -0.39 is 0 Å². The zero-order chi connectivity index (χ0) is 14.7. The fourth-order valence-electron chi connectivity index (χ4n) is 2.42. The van der Waals surface area contributed by atoms with Crippen LogP contribution in [0, 0.1) is 6.92 Å². The minimum absolute atomic E-state index is 0.112. The lowest BCUT2D eigenvalue weighted by Gasteiger charge is -2.18. The number of hydrogen-bond acceptors (Lipinski definition) is 2. The number of aromatic nitrogens is 2. The van der Waals surface area contributed by atoms with Crippen molar-refractivity contribution in [1.82, 2.24) is 15.1 Å². The molecule has 0 radical (unpaired) electrons. The fourth-order valence-corrected chi connectivity index (χ4v) is 2.61. The second-order valence-electron chi connectivity index (χ2n) is 4.96. The van der Waals surface area contributed by atoms with Gasteiger partial charge >= 0.3 is 0 Å². The summed E-state index contributed by atoms with van der Waals surface area (Å²) in [6.45, 7) is 7.13. The first kappa shape index (κ1) is 15.1. The van der Waals surface area contributed by atoms with E-state index in [-0.39, 0.29) is 6.04 Å². The van der Waals surface area contributed by atoms with Gasteiger partial charge in [0, 0.05) is 11.6 Å². The van der Waals surface area contributed by atoms with Crippen LogP contribution in [0.2, 0.25) is 5.02 Å². The first-order valence-electron chi connectivity index (χ1n) is 7.10. The predicted octanol–water partition coefficient (Wildman–Crippen LogP) is 3.74. The average Bonchev–Trinajstić information content (AvgIpc) is 2.87. The van der Waals surface area contributed by atoms with E-state index in [4.69, 9.17) is 11.6 Å². The van der Waals surface area contributed by atoms with Crippen molar-refractivity contribution in [2.45, 2.75) is 39.8 Å². The molecule has 0 aliphatic carbocycles. The van der Waals surface area contributed by atoms with Crippen molar-refractivity contribution < 1.29 is 0 Å². The fraction of sp³-hybridized carbons (Fsp3) is 0.438. The van der Waals surface area contributed by atoms with E-state index in [1.54, 1.807) is 0 Å². The highest BCUT2D eigenvalue weighted by molar-refractivity contribution is 6.31. The summed E-state index contributed by atoms with van der Waals surface area (Å²) in [5.74, 6) is 0. The molecule has 0 bridgehead atoms. The van der Waals surface area contributed by atoms with Crippen molar-refractivity contribution in [3.05, 3.63) is 51.8 Å². The van der Waals surface area contributed by atoms with Crippen LogP contribution in [0.3, 0.4) is 0 Å². The van der Waals surface area contributed by atoms with E-state index in [0.717, 1.165) is 29.2 Å². The quantitative estimate of drug-likeness (QED) is 0.909. The Balaban J connectivity index is 2.45. The summed E-state index contributed by atoms with van der Waals surface area (Å²) in [4.78, 5) is 0. The lowest BCUT2D eigenvalue weighted by Crippen LogP contribution is -2.21. The molecule has 0 saturated heterocycles. The molecular formula is C16H22ClN3. The van der Waals surface area contributed by atoms with Gasteiger partial charge in [-0.1, -0.05) is 30.7 Å². The van der Waals surface area contributed by atoms with E-state index in [1.165, 1.54) is 11.3 Å². The second kappa shape index (κ2) is 6.42. The van der Waals surface area contributed by atoms with E-state index in [9.17, 15) is 0 Å². The smallest absolute Gasteiger partial charge is 0.0746 e. The molecule has 0 aliphatic heterocycles. The third-order valence-corrected chi connectivity index (χ3v) is 4.04.